The van der Waals surface area contributed by atoms with Gasteiger partial charge in [-0.2, -0.15) is 0 Å². The maximum absolute atomic E-state index is 5.85. The Morgan fingerprint density at radius 1 is 0.808 bits per heavy atom. The van der Waals surface area contributed by atoms with Gasteiger partial charge in [0.2, 0.25) is 0 Å². The number of nitrogens with zero attached hydrogens (tertiary/aromatic N) is 1. The Hall–Kier alpha value is -1.68. The van der Waals surface area contributed by atoms with Gasteiger partial charge in [-0.1, -0.05) is 74.5 Å². The molecule has 1 aliphatic carbocycles. The first kappa shape index (κ1) is 20.6. The molecular weight excluding hydrogens is 322 g/mol. The first-order valence-electron chi connectivity index (χ1n) is 9.77. The van der Waals surface area contributed by atoms with Crippen molar-refractivity contribution in [3.05, 3.63) is 71.8 Å². The van der Waals surface area contributed by atoms with E-state index in [4.69, 9.17) is 9.47 Å². The summed E-state index contributed by atoms with van der Waals surface area (Å²) >= 11 is 0. The van der Waals surface area contributed by atoms with Crippen LogP contribution < -0.4 is 0 Å². The van der Waals surface area contributed by atoms with Crippen LogP contribution in [0.2, 0.25) is 0 Å². The van der Waals surface area contributed by atoms with Crippen LogP contribution in [0.15, 0.2) is 60.7 Å². The standard InChI is InChI=1S/C21H27NO2.C2H6/c1-23-12-13-24-21-14-20(15-21)22(16-18-8-4-2-5-9-18)17-19-10-6-3-7-11-19;1-2/h2-11,20-21H,12-17H2,1H3;1-2H3. The summed E-state index contributed by atoms with van der Waals surface area (Å²) in [6.45, 7) is 7.36. The maximum atomic E-state index is 5.85. The van der Waals surface area contributed by atoms with Crippen molar-refractivity contribution in [2.24, 2.45) is 0 Å². The Labute approximate surface area is 158 Å². The number of ether oxygens (including phenoxy) is 2. The summed E-state index contributed by atoms with van der Waals surface area (Å²) in [5, 5.41) is 0. The Morgan fingerprint density at radius 2 is 1.31 bits per heavy atom. The molecule has 3 nitrogen and oxygen atoms in total. The van der Waals surface area contributed by atoms with Gasteiger partial charge < -0.3 is 9.47 Å². The second-order valence-corrected chi connectivity index (χ2v) is 6.49. The molecule has 0 unspecified atom stereocenters. The zero-order valence-electron chi connectivity index (χ0n) is 16.4. The molecule has 3 rings (SSSR count). The van der Waals surface area contributed by atoms with Crippen LogP contribution in [0.3, 0.4) is 0 Å². The number of methoxy groups -OCH3 is 1. The summed E-state index contributed by atoms with van der Waals surface area (Å²) in [6.07, 6.45) is 2.62. The molecule has 2 aromatic carbocycles. The van der Waals surface area contributed by atoms with Gasteiger partial charge in [0.05, 0.1) is 19.3 Å². The van der Waals surface area contributed by atoms with Gasteiger partial charge in [-0.3, -0.25) is 4.90 Å². The SMILES string of the molecule is CC.COCCOC1CC(N(Cc2ccccc2)Cc2ccccc2)C1. The summed E-state index contributed by atoms with van der Waals surface area (Å²) in [5.41, 5.74) is 2.74. The van der Waals surface area contributed by atoms with Crippen LogP contribution in [0.5, 0.6) is 0 Å². The van der Waals surface area contributed by atoms with E-state index in [1.807, 2.05) is 13.8 Å². The third kappa shape index (κ3) is 6.56. The molecule has 1 saturated carbocycles. The highest BCUT2D eigenvalue weighted by atomic mass is 16.5. The molecule has 26 heavy (non-hydrogen) atoms. The highest BCUT2D eigenvalue weighted by Gasteiger charge is 2.34. The van der Waals surface area contributed by atoms with Gasteiger partial charge in [-0.05, 0) is 24.0 Å². The lowest BCUT2D eigenvalue weighted by atomic mass is 9.87. The van der Waals surface area contributed by atoms with Gasteiger partial charge >= 0.3 is 0 Å². The minimum absolute atomic E-state index is 0.388. The van der Waals surface area contributed by atoms with E-state index >= 15 is 0 Å². The minimum Gasteiger partial charge on any atom is -0.382 e. The van der Waals surface area contributed by atoms with Crippen molar-refractivity contribution in [2.45, 2.75) is 51.9 Å². The molecule has 0 bridgehead atoms. The molecule has 0 saturated heterocycles. The molecule has 0 radical (unpaired) electrons. The van der Waals surface area contributed by atoms with Gasteiger partial charge in [-0.25, -0.2) is 0 Å². The summed E-state index contributed by atoms with van der Waals surface area (Å²) in [4.78, 5) is 2.58. The van der Waals surface area contributed by atoms with Crippen molar-refractivity contribution in [1.29, 1.82) is 0 Å². The average molecular weight is 356 g/mol. The molecular formula is C23H33NO2. The molecule has 0 atom stereocenters. The van der Waals surface area contributed by atoms with E-state index in [9.17, 15) is 0 Å². The topological polar surface area (TPSA) is 21.7 Å². The van der Waals surface area contributed by atoms with Crippen LogP contribution in [0.4, 0.5) is 0 Å². The van der Waals surface area contributed by atoms with Crippen LogP contribution in [-0.4, -0.2) is 37.4 Å². The van der Waals surface area contributed by atoms with E-state index in [1.54, 1.807) is 7.11 Å². The molecule has 142 valence electrons. The molecule has 1 fully saturated rings. The van der Waals surface area contributed by atoms with Crippen molar-refractivity contribution < 1.29 is 9.47 Å². The summed E-state index contributed by atoms with van der Waals surface area (Å²) < 4.78 is 10.9. The minimum atomic E-state index is 0.388. The molecule has 0 spiro atoms. The Balaban J connectivity index is 0.00000117. The van der Waals surface area contributed by atoms with E-state index in [0.29, 0.717) is 25.4 Å². The van der Waals surface area contributed by atoms with Crippen LogP contribution in [-0.2, 0) is 22.6 Å². The molecule has 0 N–H and O–H groups in total. The van der Waals surface area contributed by atoms with Gasteiger partial charge in [0.25, 0.3) is 0 Å². The van der Waals surface area contributed by atoms with Crippen molar-refractivity contribution in [3.8, 4) is 0 Å². The van der Waals surface area contributed by atoms with Crippen molar-refractivity contribution >= 4 is 0 Å². The molecule has 0 amide bonds. The molecule has 2 aromatic rings. The molecule has 0 aromatic heterocycles. The third-order valence-electron chi connectivity index (χ3n) is 4.68. The smallest absolute Gasteiger partial charge is 0.0704 e. The van der Waals surface area contributed by atoms with Crippen LogP contribution >= 0.6 is 0 Å². The number of hydrogen-bond donors (Lipinski definition) is 0. The quantitative estimate of drug-likeness (QED) is 0.597. The monoisotopic (exact) mass is 355 g/mol. The highest BCUT2D eigenvalue weighted by Crippen LogP contribution is 2.30. The van der Waals surface area contributed by atoms with Gasteiger partial charge in [0.15, 0.2) is 0 Å². The van der Waals surface area contributed by atoms with Gasteiger partial charge in [-0.15, -0.1) is 0 Å². The Morgan fingerprint density at radius 3 is 1.77 bits per heavy atom. The lowest BCUT2D eigenvalue weighted by Gasteiger charge is -2.43. The molecule has 0 heterocycles. The lowest BCUT2D eigenvalue weighted by Crippen LogP contribution is -2.47. The first-order chi connectivity index (χ1) is 12.8. The number of hydrogen-bond acceptors (Lipinski definition) is 3. The highest BCUT2D eigenvalue weighted by molar-refractivity contribution is 5.17. The van der Waals surface area contributed by atoms with Crippen LogP contribution in [0.25, 0.3) is 0 Å². The van der Waals surface area contributed by atoms with E-state index < -0.39 is 0 Å². The normalized spacial score (nSPS) is 18.8. The number of rotatable bonds is 9. The summed E-state index contributed by atoms with van der Waals surface area (Å²) in [5.74, 6) is 0. The second kappa shape index (κ2) is 11.8. The average Bonchev–Trinajstić information content (AvgIpc) is 2.66. The third-order valence-corrected chi connectivity index (χ3v) is 4.68. The predicted molar refractivity (Wildman–Crippen MR) is 108 cm³/mol. The van der Waals surface area contributed by atoms with Crippen LogP contribution in [0, 0.1) is 0 Å². The summed E-state index contributed by atoms with van der Waals surface area (Å²) in [7, 11) is 1.72. The Bertz CT molecular complexity index is 540. The van der Waals surface area contributed by atoms with Gasteiger partial charge in [0, 0.05) is 26.2 Å². The van der Waals surface area contributed by atoms with E-state index in [1.165, 1.54) is 11.1 Å². The largest absolute Gasteiger partial charge is 0.382 e. The van der Waals surface area contributed by atoms with Crippen molar-refractivity contribution in [3.63, 3.8) is 0 Å². The fourth-order valence-electron chi connectivity index (χ4n) is 3.22. The fraction of sp³-hybridized carbons (Fsp3) is 0.478. The second-order valence-electron chi connectivity index (χ2n) is 6.49. The molecule has 0 aliphatic heterocycles. The summed E-state index contributed by atoms with van der Waals surface area (Å²) in [6, 6.07) is 22.1. The van der Waals surface area contributed by atoms with Crippen molar-refractivity contribution in [2.75, 3.05) is 20.3 Å². The Kier molecular flexibility index (Phi) is 9.40. The lowest BCUT2D eigenvalue weighted by molar-refractivity contribution is -0.0673. The van der Waals surface area contributed by atoms with Crippen LogP contribution in [0.1, 0.15) is 37.8 Å². The zero-order valence-corrected chi connectivity index (χ0v) is 16.4. The fourth-order valence-corrected chi connectivity index (χ4v) is 3.22. The van der Waals surface area contributed by atoms with E-state index in [0.717, 1.165) is 25.9 Å². The zero-order chi connectivity index (χ0) is 18.6. The van der Waals surface area contributed by atoms with Crippen molar-refractivity contribution in [1.82, 2.24) is 4.90 Å². The number of benzene rings is 2. The maximum Gasteiger partial charge on any atom is 0.0704 e. The first-order valence-corrected chi connectivity index (χ1v) is 9.77. The van der Waals surface area contributed by atoms with E-state index in [2.05, 4.69) is 65.6 Å². The molecule has 3 heteroatoms. The van der Waals surface area contributed by atoms with Gasteiger partial charge in [0.1, 0.15) is 0 Å². The molecule has 1 aliphatic rings. The predicted octanol–water partition coefficient (Wildman–Crippen LogP) is 4.91. The van der Waals surface area contributed by atoms with E-state index in [-0.39, 0.29) is 0 Å².